The highest BCUT2D eigenvalue weighted by molar-refractivity contribution is 5.83. The van der Waals surface area contributed by atoms with Crippen molar-refractivity contribution in [2.24, 2.45) is 0 Å². The Balaban J connectivity index is 1.83. The number of carbonyl (C=O) groups is 1. The van der Waals surface area contributed by atoms with Gasteiger partial charge in [-0.25, -0.2) is 0 Å². The first-order chi connectivity index (χ1) is 11.6. The SMILES string of the molecule is CCOC(=O)C(C)c1ccc2c(c1)NC(c1ccc(C)cc1)=CO2. The van der Waals surface area contributed by atoms with Gasteiger partial charge in [-0.1, -0.05) is 35.9 Å². The summed E-state index contributed by atoms with van der Waals surface area (Å²) in [6, 6.07) is 13.9. The molecule has 0 aromatic heterocycles. The number of hydrogen-bond acceptors (Lipinski definition) is 4. The zero-order valence-electron chi connectivity index (χ0n) is 14.1. The van der Waals surface area contributed by atoms with Gasteiger partial charge in [0.2, 0.25) is 0 Å². The minimum Gasteiger partial charge on any atom is -0.466 e. The van der Waals surface area contributed by atoms with Crippen LogP contribution in [0.3, 0.4) is 0 Å². The van der Waals surface area contributed by atoms with Crippen molar-refractivity contribution in [3.05, 3.63) is 65.4 Å². The molecule has 1 unspecified atom stereocenters. The highest BCUT2D eigenvalue weighted by Gasteiger charge is 2.20. The van der Waals surface area contributed by atoms with Crippen LogP contribution >= 0.6 is 0 Å². The molecule has 0 fully saturated rings. The van der Waals surface area contributed by atoms with Crippen molar-refractivity contribution < 1.29 is 14.3 Å². The molecule has 4 nitrogen and oxygen atoms in total. The Bertz CT molecular complexity index is 778. The Labute approximate surface area is 142 Å². The molecule has 0 saturated heterocycles. The summed E-state index contributed by atoms with van der Waals surface area (Å²) in [5.74, 6) is 0.208. The minimum absolute atomic E-state index is 0.219. The van der Waals surface area contributed by atoms with Crippen LogP contribution in [0.2, 0.25) is 0 Å². The van der Waals surface area contributed by atoms with Gasteiger partial charge < -0.3 is 14.8 Å². The summed E-state index contributed by atoms with van der Waals surface area (Å²) in [5.41, 5.74) is 4.90. The molecule has 124 valence electrons. The standard InChI is InChI=1S/C20H21NO3/c1-4-23-20(22)14(3)16-9-10-19-17(11-16)21-18(12-24-19)15-7-5-13(2)6-8-15/h5-12,14,21H,4H2,1-3H3. The number of nitrogens with one attached hydrogen (secondary N) is 1. The predicted octanol–water partition coefficient (Wildman–Crippen LogP) is 4.46. The fourth-order valence-corrected chi connectivity index (χ4v) is 2.59. The lowest BCUT2D eigenvalue weighted by molar-refractivity contribution is -0.144. The molecule has 1 heterocycles. The number of hydrogen-bond donors (Lipinski definition) is 1. The van der Waals surface area contributed by atoms with Crippen LogP contribution in [-0.2, 0) is 9.53 Å². The first-order valence-electron chi connectivity index (χ1n) is 8.10. The smallest absolute Gasteiger partial charge is 0.313 e. The molecule has 1 atom stereocenters. The molecule has 1 aliphatic heterocycles. The maximum absolute atomic E-state index is 11.9. The van der Waals surface area contributed by atoms with Gasteiger partial charge in [0.1, 0.15) is 12.0 Å². The van der Waals surface area contributed by atoms with Gasteiger partial charge in [-0.3, -0.25) is 4.79 Å². The maximum atomic E-state index is 11.9. The molecule has 2 aromatic carbocycles. The van der Waals surface area contributed by atoms with Crippen LogP contribution in [0.1, 0.15) is 36.5 Å². The zero-order valence-corrected chi connectivity index (χ0v) is 14.1. The predicted molar refractivity (Wildman–Crippen MR) is 94.9 cm³/mol. The number of ether oxygens (including phenoxy) is 2. The number of fused-ring (bicyclic) bond motifs is 1. The van der Waals surface area contributed by atoms with E-state index in [0.717, 1.165) is 28.3 Å². The third-order valence-electron chi connectivity index (χ3n) is 4.08. The molecule has 1 N–H and O–H groups in total. The Morgan fingerprint density at radius 2 is 1.96 bits per heavy atom. The lowest BCUT2D eigenvalue weighted by Crippen LogP contribution is -2.14. The summed E-state index contributed by atoms with van der Waals surface area (Å²) in [4.78, 5) is 11.9. The van der Waals surface area contributed by atoms with Gasteiger partial charge in [-0.2, -0.15) is 0 Å². The topological polar surface area (TPSA) is 47.6 Å². The van der Waals surface area contributed by atoms with Crippen LogP contribution in [0.15, 0.2) is 48.7 Å². The maximum Gasteiger partial charge on any atom is 0.313 e. The van der Waals surface area contributed by atoms with Gasteiger partial charge in [0.15, 0.2) is 0 Å². The van der Waals surface area contributed by atoms with Gasteiger partial charge in [0.05, 0.1) is 23.9 Å². The Kier molecular flexibility index (Phi) is 4.56. The summed E-state index contributed by atoms with van der Waals surface area (Å²) in [5, 5.41) is 3.38. The lowest BCUT2D eigenvalue weighted by Gasteiger charge is -2.21. The van der Waals surface area contributed by atoms with E-state index in [1.165, 1.54) is 5.56 Å². The van der Waals surface area contributed by atoms with Crippen molar-refractivity contribution in [2.45, 2.75) is 26.7 Å². The lowest BCUT2D eigenvalue weighted by atomic mass is 10.00. The van der Waals surface area contributed by atoms with E-state index in [2.05, 4.69) is 24.4 Å². The molecule has 0 bridgehead atoms. The van der Waals surface area contributed by atoms with Gasteiger partial charge in [-0.05, 0) is 38.5 Å². The number of anilines is 1. The van der Waals surface area contributed by atoms with Crippen molar-refractivity contribution >= 4 is 17.4 Å². The van der Waals surface area contributed by atoms with Crippen molar-refractivity contribution in [3.8, 4) is 5.75 Å². The number of carbonyl (C=O) groups excluding carboxylic acids is 1. The van der Waals surface area contributed by atoms with Crippen LogP contribution in [0.5, 0.6) is 5.75 Å². The molecule has 2 aromatic rings. The number of rotatable bonds is 4. The van der Waals surface area contributed by atoms with E-state index in [1.54, 1.807) is 6.26 Å². The first kappa shape index (κ1) is 16.1. The fourth-order valence-electron chi connectivity index (χ4n) is 2.59. The van der Waals surface area contributed by atoms with E-state index in [4.69, 9.17) is 9.47 Å². The second kappa shape index (κ2) is 6.79. The first-order valence-corrected chi connectivity index (χ1v) is 8.10. The molecular formula is C20H21NO3. The largest absolute Gasteiger partial charge is 0.466 e. The molecule has 0 amide bonds. The van der Waals surface area contributed by atoms with Crippen LogP contribution < -0.4 is 10.1 Å². The summed E-state index contributed by atoms with van der Waals surface area (Å²) in [6.07, 6.45) is 1.71. The van der Waals surface area contributed by atoms with Gasteiger partial charge in [0.25, 0.3) is 0 Å². The average molecular weight is 323 g/mol. The fraction of sp³-hybridized carbons (Fsp3) is 0.250. The highest BCUT2D eigenvalue weighted by Crippen LogP contribution is 2.35. The average Bonchev–Trinajstić information content (AvgIpc) is 2.61. The molecule has 0 radical (unpaired) electrons. The van der Waals surface area contributed by atoms with E-state index >= 15 is 0 Å². The van der Waals surface area contributed by atoms with Crippen molar-refractivity contribution in [1.82, 2.24) is 0 Å². The van der Waals surface area contributed by atoms with Crippen molar-refractivity contribution in [3.63, 3.8) is 0 Å². The molecular weight excluding hydrogens is 302 g/mol. The quantitative estimate of drug-likeness (QED) is 0.844. The molecule has 0 aliphatic carbocycles. The molecule has 3 rings (SSSR count). The molecule has 4 heteroatoms. The van der Waals surface area contributed by atoms with E-state index in [-0.39, 0.29) is 11.9 Å². The van der Waals surface area contributed by atoms with Gasteiger partial charge in [-0.15, -0.1) is 0 Å². The molecule has 1 aliphatic rings. The molecule has 0 spiro atoms. The number of benzene rings is 2. The molecule has 24 heavy (non-hydrogen) atoms. The Hall–Kier alpha value is -2.75. The second-order valence-electron chi connectivity index (χ2n) is 5.87. The van der Waals surface area contributed by atoms with E-state index in [9.17, 15) is 4.79 Å². The molecule has 0 saturated carbocycles. The van der Waals surface area contributed by atoms with Crippen molar-refractivity contribution in [1.29, 1.82) is 0 Å². The minimum atomic E-state index is -0.314. The van der Waals surface area contributed by atoms with Crippen LogP contribution in [0.4, 0.5) is 5.69 Å². The monoisotopic (exact) mass is 323 g/mol. The Morgan fingerprint density at radius 3 is 2.67 bits per heavy atom. The van der Waals surface area contributed by atoms with Crippen LogP contribution in [0, 0.1) is 6.92 Å². The van der Waals surface area contributed by atoms with Crippen LogP contribution in [0.25, 0.3) is 5.70 Å². The Morgan fingerprint density at radius 1 is 1.21 bits per heavy atom. The van der Waals surface area contributed by atoms with E-state index < -0.39 is 0 Å². The third kappa shape index (κ3) is 3.27. The second-order valence-corrected chi connectivity index (χ2v) is 5.87. The van der Waals surface area contributed by atoms with Gasteiger partial charge >= 0.3 is 5.97 Å². The van der Waals surface area contributed by atoms with Crippen LogP contribution in [-0.4, -0.2) is 12.6 Å². The normalized spacial score (nSPS) is 13.9. The summed E-state index contributed by atoms with van der Waals surface area (Å²) in [7, 11) is 0. The van der Waals surface area contributed by atoms with E-state index in [0.29, 0.717) is 6.61 Å². The van der Waals surface area contributed by atoms with E-state index in [1.807, 2.05) is 44.2 Å². The number of aryl methyl sites for hydroxylation is 1. The van der Waals surface area contributed by atoms with Crippen molar-refractivity contribution in [2.75, 3.05) is 11.9 Å². The third-order valence-corrected chi connectivity index (χ3v) is 4.08. The zero-order chi connectivity index (χ0) is 17.1. The highest BCUT2D eigenvalue weighted by atomic mass is 16.5. The number of esters is 1. The van der Waals surface area contributed by atoms with Gasteiger partial charge in [0, 0.05) is 5.56 Å². The summed E-state index contributed by atoms with van der Waals surface area (Å²) in [6.45, 7) is 6.10. The summed E-state index contributed by atoms with van der Waals surface area (Å²) >= 11 is 0. The summed E-state index contributed by atoms with van der Waals surface area (Å²) < 4.78 is 10.8.